The highest BCUT2D eigenvalue weighted by atomic mass is 32.1. The van der Waals surface area contributed by atoms with Crippen molar-refractivity contribution in [3.8, 4) is 0 Å². The van der Waals surface area contributed by atoms with E-state index in [1.807, 2.05) is 11.3 Å². The molecule has 0 bridgehead atoms. The summed E-state index contributed by atoms with van der Waals surface area (Å²) in [6.07, 6.45) is 3.05. The number of thiophene rings is 1. The molecular weight excluding hydrogens is 156 g/mol. The fraction of sp³-hybridized carbons (Fsp3) is 0.556. The average molecular weight is 170 g/mol. The van der Waals surface area contributed by atoms with E-state index in [0.29, 0.717) is 6.61 Å². The van der Waals surface area contributed by atoms with E-state index in [0.717, 1.165) is 19.3 Å². The van der Waals surface area contributed by atoms with Crippen LogP contribution in [0, 0.1) is 0 Å². The summed E-state index contributed by atoms with van der Waals surface area (Å²) in [5.41, 5.74) is 0. The van der Waals surface area contributed by atoms with Gasteiger partial charge < -0.3 is 5.11 Å². The van der Waals surface area contributed by atoms with Gasteiger partial charge in [0.1, 0.15) is 0 Å². The Labute approximate surface area is 71.7 Å². The molecule has 0 spiro atoms. The number of rotatable bonds is 4. The smallest absolute Gasteiger partial charge is 0.0434 e. The Balaban J connectivity index is 2.44. The maximum Gasteiger partial charge on any atom is 0.0434 e. The molecule has 1 aromatic heterocycles. The minimum absolute atomic E-state index is 0.305. The topological polar surface area (TPSA) is 20.2 Å². The van der Waals surface area contributed by atoms with Crippen LogP contribution in [-0.4, -0.2) is 11.7 Å². The standard InChI is InChI=1S/C9H14OS/c1-2-8-5-6-9(11-8)4-3-7-10/h5-6,10H,2-4,7H2,1H3. The minimum Gasteiger partial charge on any atom is -0.396 e. The highest BCUT2D eigenvalue weighted by molar-refractivity contribution is 7.11. The van der Waals surface area contributed by atoms with Crippen molar-refractivity contribution in [2.45, 2.75) is 26.2 Å². The van der Waals surface area contributed by atoms with Crippen LogP contribution in [0.5, 0.6) is 0 Å². The SMILES string of the molecule is CCc1ccc(CCCO)s1. The summed E-state index contributed by atoms with van der Waals surface area (Å²) in [6, 6.07) is 4.34. The Bertz CT molecular complexity index is 205. The summed E-state index contributed by atoms with van der Waals surface area (Å²) in [7, 11) is 0. The Morgan fingerprint density at radius 3 is 2.64 bits per heavy atom. The average Bonchev–Trinajstić information content (AvgIpc) is 2.48. The highest BCUT2D eigenvalue weighted by Gasteiger charge is 1.96. The highest BCUT2D eigenvalue weighted by Crippen LogP contribution is 2.17. The summed E-state index contributed by atoms with van der Waals surface area (Å²) < 4.78 is 0. The summed E-state index contributed by atoms with van der Waals surface area (Å²) in [4.78, 5) is 2.84. The van der Waals surface area contributed by atoms with E-state index in [2.05, 4.69) is 19.1 Å². The van der Waals surface area contributed by atoms with Crippen molar-refractivity contribution in [2.24, 2.45) is 0 Å². The van der Waals surface area contributed by atoms with Gasteiger partial charge in [0.2, 0.25) is 0 Å². The molecule has 0 aliphatic rings. The van der Waals surface area contributed by atoms with Crippen LogP contribution in [0.25, 0.3) is 0 Å². The normalized spacial score (nSPS) is 10.4. The summed E-state index contributed by atoms with van der Waals surface area (Å²) in [5.74, 6) is 0. The Kier molecular flexibility index (Phi) is 3.60. The van der Waals surface area contributed by atoms with Gasteiger partial charge in [0.05, 0.1) is 0 Å². The van der Waals surface area contributed by atoms with Gasteiger partial charge in [0.15, 0.2) is 0 Å². The molecule has 0 unspecified atom stereocenters. The Morgan fingerprint density at radius 2 is 2.09 bits per heavy atom. The molecular formula is C9H14OS. The van der Waals surface area contributed by atoms with Crippen LogP contribution in [0.3, 0.4) is 0 Å². The molecule has 1 heterocycles. The van der Waals surface area contributed by atoms with Crippen molar-refractivity contribution in [2.75, 3.05) is 6.61 Å². The molecule has 0 saturated heterocycles. The molecule has 0 amide bonds. The van der Waals surface area contributed by atoms with Crippen molar-refractivity contribution in [1.82, 2.24) is 0 Å². The van der Waals surface area contributed by atoms with Crippen LogP contribution in [0.15, 0.2) is 12.1 Å². The molecule has 0 radical (unpaired) electrons. The third-order valence-electron chi connectivity index (χ3n) is 1.65. The predicted molar refractivity (Wildman–Crippen MR) is 49.1 cm³/mol. The van der Waals surface area contributed by atoms with Crippen LogP contribution in [-0.2, 0) is 12.8 Å². The fourth-order valence-electron chi connectivity index (χ4n) is 1.000. The lowest BCUT2D eigenvalue weighted by atomic mass is 10.3. The van der Waals surface area contributed by atoms with Gasteiger partial charge >= 0.3 is 0 Å². The van der Waals surface area contributed by atoms with Crippen molar-refractivity contribution >= 4 is 11.3 Å². The van der Waals surface area contributed by atoms with Gasteiger partial charge in [-0.1, -0.05) is 6.92 Å². The zero-order chi connectivity index (χ0) is 8.10. The molecule has 0 aliphatic carbocycles. The summed E-state index contributed by atoms with van der Waals surface area (Å²) in [5, 5.41) is 8.60. The first-order valence-electron chi connectivity index (χ1n) is 4.05. The van der Waals surface area contributed by atoms with Crippen molar-refractivity contribution in [3.05, 3.63) is 21.9 Å². The monoisotopic (exact) mass is 170 g/mol. The molecule has 62 valence electrons. The van der Waals surface area contributed by atoms with Gasteiger partial charge in [-0.15, -0.1) is 11.3 Å². The van der Waals surface area contributed by atoms with Gasteiger partial charge in [0, 0.05) is 16.4 Å². The number of aliphatic hydroxyl groups is 1. The summed E-state index contributed by atoms with van der Waals surface area (Å²) >= 11 is 1.86. The second-order valence-electron chi connectivity index (χ2n) is 2.55. The Morgan fingerprint density at radius 1 is 1.36 bits per heavy atom. The largest absolute Gasteiger partial charge is 0.396 e. The second-order valence-corrected chi connectivity index (χ2v) is 3.80. The molecule has 0 aromatic carbocycles. The van der Waals surface area contributed by atoms with Gasteiger partial charge in [-0.3, -0.25) is 0 Å². The number of hydrogen-bond acceptors (Lipinski definition) is 2. The van der Waals surface area contributed by atoms with E-state index < -0.39 is 0 Å². The lowest BCUT2D eigenvalue weighted by Gasteiger charge is -1.91. The van der Waals surface area contributed by atoms with Crippen LogP contribution in [0.4, 0.5) is 0 Å². The molecule has 1 nitrogen and oxygen atoms in total. The maximum atomic E-state index is 8.60. The molecule has 2 heteroatoms. The molecule has 1 aromatic rings. The Hall–Kier alpha value is -0.340. The molecule has 0 atom stereocenters. The van der Waals surface area contributed by atoms with Gasteiger partial charge in [-0.2, -0.15) is 0 Å². The van der Waals surface area contributed by atoms with E-state index in [-0.39, 0.29) is 0 Å². The first kappa shape index (κ1) is 8.75. The molecule has 0 saturated carbocycles. The molecule has 1 N–H and O–H groups in total. The van der Waals surface area contributed by atoms with Crippen LogP contribution in [0.2, 0.25) is 0 Å². The van der Waals surface area contributed by atoms with Gasteiger partial charge in [0.25, 0.3) is 0 Å². The molecule has 11 heavy (non-hydrogen) atoms. The number of hydrogen-bond donors (Lipinski definition) is 1. The zero-order valence-electron chi connectivity index (χ0n) is 6.84. The van der Waals surface area contributed by atoms with E-state index in [4.69, 9.17) is 5.11 Å². The van der Waals surface area contributed by atoms with E-state index >= 15 is 0 Å². The second kappa shape index (κ2) is 4.52. The minimum atomic E-state index is 0.305. The molecule has 0 aliphatic heterocycles. The van der Waals surface area contributed by atoms with Crippen LogP contribution in [0.1, 0.15) is 23.1 Å². The van der Waals surface area contributed by atoms with Gasteiger partial charge in [-0.05, 0) is 31.4 Å². The van der Waals surface area contributed by atoms with E-state index in [1.165, 1.54) is 9.75 Å². The molecule has 1 rings (SSSR count). The summed E-state index contributed by atoms with van der Waals surface area (Å²) in [6.45, 7) is 2.47. The lowest BCUT2D eigenvalue weighted by molar-refractivity contribution is 0.289. The lowest BCUT2D eigenvalue weighted by Crippen LogP contribution is -1.84. The third-order valence-corrected chi connectivity index (χ3v) is 2.94. The molecule has 0 fully saturated rings. The van der Waals surface area contributed by atoms with Crippen molar-refractivity contribution in [3.63, 3.8) is 0 Å². The van der Waals surface area contributed by atoms with Crippen LogP contribution < -0.4 is 0 Å². The number of aryl methyl sites for hydroxylation is 2. The fourth-order valence-corrected chi connectivity index (χ4v) is 2.00. The van der Waals surface area contributed by atoms with Crippen molar-refractivity contribution in [1.29, 1.82) is 0 Å². The quantitative estimate of drug-likeness (QED) is 0.734. The maximum absolute atomic E-state index is 8.60. The number of aliphatic hydroxyl groups excluding tert-OH is 1. The predicted octanol–water partition coefficient (Wildman–Crippen LogP) is 2.24. The van der Waals surface area contributed by atoms with Crippen LogP contribution >= 0.6 is 11.3 Å². The van der Waals surface area contributed by atoms with Gasteiger partial charge in [-0.25, -0.2) is 0 Å². The van der Waals surface area contributed by atoms with E-state index in [1.54, 1.807) is 0 Å². The first-order chi connectivity index (χ1) is 5.36. The zero-order valence-corrected chi connectivity index (χ0v) is 7.66. The van der Waals surface area contributed by atoms with E-state index in [9.17, 15) is 0 Å². The third kappa shape index (κ3) is 2.64. The van der Waals surface area contributed by atoms with Crippen molar-refractivity contribution < 1.29 is 5.11 Å². The first-order valence-corrected chi connectivity index (χ1v) is 4.87.